The van der Waals surface area contributed by atoms with Crippen molar-refractivity contribution in [2.45, 2.75) is 39.4 Å². The van der Waals surface area contributed by atoms with Crippen molar-refractivity contribution < 1.29 is 14.0 Å². The molecule has 0 saturated carbocycles. The topological polar surface area (TPSA) is 181 Å². The first kappa shape index (κ1) is 31.4. The standard InChI is InChI=1S/C32H35FN8O3/c1-19(2)40-30-32(44)41(18-28(42)38-16-21-3-7-22(8-4-21)29(35)36)27(17-39-30)23-13-24(15-26(34)14-23)31(43)37-12-11-20-5-9-25(33)10-6-20/h3-10,13-15,17,19H,11-12,16,18,34H2,1-2H3,(H3,35,36)(H,37,43)(H,38,42)(H,39,40). The number of benzene rings is 3. The van der Waals surface area contributed by atoms with Crippen LogP contribution >= 0.6 is 0 Å². The normalized spacial score (nSPS) is 10.8. The van der Waals surface area contributed by atoms with E-state index in [1.807, 2.05) is 13.8 Å². The lowest BCUT2D eigenvalue weighted by atomic mass is 10.1. The molecule has 1 heterocycles. The average Bonchev–Trinajstić information content (AvgIpc) is 2.98. The Morgan fingerprint density at radius 3 is 2.32 bits per heavy atom. The number of nitrogens with zero attached hydrogens (tertiary/aromatic N) is 2. The van der Waals surface area contributed by atoms with Crippen LogP contribution < -0.4 is 33.0 Å². The van der Waals surface area contributed by atoms with Gasteiger partial charge in [-0.15, -0.1) is 0 Å². The van der Waals surface area contributed by atoms with E-state index in [-0.39, 0.29) is 53.8 Å². The third-order valence-corrected chi connectivity index (χ3v) is 6.66. The van der Waals surface area contributed by atoms with Crippen LogP contribution in [0, 0.1) is 11.2 Å². The molecule has 4 rings (SSSR count). The molecular formula is C32H35FN8O3. The highest BCUT2D eigenvalue weighted by molar-refractivity contribution is 5.96. The van der Waals surface area contributed by atoms with E-state index in [2.05, 4.69) is 20.9 Å². The van der Waals surface area contributed by atoms with Crippen molar-refractivity contribution in [2.75, 3.05) is 17.6 Å². The zero-order chi connectivity index (χ0) is 31.8. The predicted octanol–water partition coefficient (Wildman–Crippen LogP) is 3.02. The molecule has 228 valence electrons. The van der Waals surface area contributed by atoms with Gasteiger partial charge in [-0.05, 0) is 61.7 Å². The molecule has 3 aromatic carbocycles. The number of hydrogen-bond acceptors (Lipinski definition) is 7. The Morgan fingerprint density at radius 1 is 0.977 bits per heavy atom. The third kappa shape index (κ3) is 8.28. The molecule has 11 nitrogen and oxygen atoms in total. The van der Waals surface area contributed by atoms with Crippen molar-refractivity contribution >= 4 is 29.2 Å². The molecule has 0 spiro atoms. The second kappa shape index (κ2) is 14.1. The molecule has 4 aromatic rings. The van der Waals surface area contributed by atoms with Gasteiger partial charge in [-0.3, -0.25) is 24.4 Å². The summed E-state index contributed by atoms with van der Waals surface area (Å²) in [6.07, 6.45) is 1.97. The van der Waals surface area contributed by atoms with Gasteiger partial charge in [0.2, 0.25) is 5.91 Å². The highest BCUT2D eigenvalue weighted by Crippen LogP contribution is 2.23. The molecular weight excluding hydrogens is 563 g/mol. The summed E-state index contributed by atoms with van der Waals surface area (Å²) in [4.78, 5) is 43.9. The number of nitrogens with one attached hydrogen (secondary N) is 4. The van der Waals surface area contributed by atoms with Crippen LogP contribution in [0.5, 0.6) is 0 Å². The molecule has 12 heteroatoms. The van der Waals surface area contributed by atoms with Crippen molar-refractivity contribution in [3.8, 4) is 11.3 Å². The number of halogens is 1. The molecule has 0 aliphatic carbocycles. The average molecular weight is 599 g/mol. The Hall–Kier alpha value is -5.52. The maximum Gasteiger partial charge on any atom is 0.294 e. The van der Waals surface area contributed by atoms with E-state index < -0.39 is 11.5 Å². The van der Waals surface area contributed by atoms with Crippen LogP contribution in [0.3, 0.4) is 0 Å². The third-order valence-electron chi connectivity index (χ3n) is 6.66. The van der Waals surface area contributed by atoms with Crippen LogP contribution in [-0.4, -0.2) is 39.8 Å². The molecule has 0 radical (unpaired) electrons. The summed E-state index contributed by atoms with van der Waals surface area (Å²) in [5, 5.41) is 16.2. The lowest BCUT2D eigenvalue weighted by Gasteiger charge is -2.17. The molecule has 0 atom stereocenters. The second-order valence-electron chi connectivity index (χ2n) is 10.5. The fraction of sp³-hybridized carbons (Fsp3) is 0.219. The number of nitrogen functional groups attached to an aromatic ring is 2. The van der Waals surface area contributed by atoms with Crippen LogP contribution in [0.25, 0.3) is 11.3 Å². The number of amides is 2. The summed E-state index contributed by atoms with van der Waals surface area (Å²) in [5.74, 6) is -1.10. The summed E-state index contributed by atoms with van der Waals surface area (Å²) >= 11 is 0. The van der Waals surface area contributed by atoms with Crippen molar-refractivity contribution in [1.82, 2.24) is 20.2 Å². The van der Waals surface area contributed by atoms with Gasteiger partial charge in [0.25, 0.3) is 11.5 Å². The van der Waals surface area contributed by atoms with E-state index in [9.17, 15) is 18.8 Å². The number of anilines is 2. The highest BCUT2D eigenvalue weighted by Gasteiger charge is 2.18. The van der Waals surface area contributed by atoms with Gasteiger partial charge in [-0.1, -0.05) is 36.4 Å². The first-order chi connectivity index (χ1) is 21.0. The maximum atomic E-state index is 13.5. The number of carbonyl (C=O) groups is 2. The van der Waals surface area contributed by atoms with Crippen LogP contribution in [0.1, 0.15) is 40.9 Å². The fourth-order valence-electron chi connectivity index (χ4n) is 4.45. The summed E-state index contributed by atoms with van der Waals surface area (Å²) in [6, 6.07) is 17.6. The zero-order valence-corrected chi connectivity index (χ0v) is 24.5. The predicted molar refractivity (Wildman–Crippen MR) is 169 cm³/mol. The van der Waals surface area contributed by atoms with Crippen molar-refractivity contribution in [3.63, 3.8) is 0 Å². The first-order valence-corrected chi connectivity index (χ1v) is 14.0. The Kier molecular flexibility index (Phi) is 10.1. The van der Waals surface area contributed by atoms with Crippen molar-refractivity contribution in [2.24, 2.45) is 5.73 Å². The molecule has 0 unspecified atom stereocenters. The fourth-order valence-corrected chi connectivity index (χ4v) is 4.45. The molecule has 2 amide bonds. The number of nitrogens with two attached hydrogens (primary N) is 2. The van der Waals surface area contributed by atoms with E-state index in [1.54, 1.807) is 48.5 Å². The minimum absolute atomic E-state index is 0.0526. The van der Waals surface area contributed by atoms with Gasteiger partial charge in [0.15, 0.2) is 5.82 Å². The molecule has 0 saturated heterocycles. The van der Waals surface area contributed by atoms with Crippen LogP contribution in [-0.2, 0) is 24.3 Å². The van der Waals surface area contributed by atoms with Gasteiger partial charge in [0.1, 0.15) is 18.2 Å². The largest absolute Gasteiger partial charge is 0.399 e. The number of carbonyl (C=O) groups excluding carboxylic acids is 2. The van der Waals surface area contributed by atoms with Gasteiger partial charge in [0, 0.05) is 41.5 Å². The Labute approximate surface area is 254 Å². The minimum atomic E-state index is -0.509. The Morgan fingerprint density at radius 2 is 1.66 bits per heavy atom. The minimum Gasteiger partial charge on any atom is -0.399 e. The molecule has 44 heavy (non-hydrogen) atoms. The number of amidine groups is 1. The van der Waals surface area contributed by atoms with Gasteiger partial charge in [-0.2, -0.15) is 0 Å². The van der Waals surface area contributed by atoms with E-state index in [4.69, 9.17) is 16.9 Å². The molecule has 1 aromatic heterocycles. The summed E-state index contributed by atoms with van der Waals surface area (Å²) < 4.78 is 14.5. The van der Waals surface area contributed by atoms with E-state index in [0.717, 1.165) is 11.1 Å². The summed E-state index contributed by atoms with van der Waals surface area (Å²) in [6.45, 7) is 3.92. The summed E-state index contributed by atoms with van der Waals surface area (Å²) in [7, 11) is 0. The number of rotatable bonds is 12. The number of hydrogen-bond donors (Lipinski definition) is 6. The van der Waals surface area contributed by atoms with Crippen LogP contribution in [0.15, 0.2) is 77.7 Å². The van der Waals surface area contributed by atoms with Gasteiger partial charge < -0.3 is 27.4 Å². The van der Waals surface area contributed by atoms with E-state index >= 15 is 0 Å². The SMILES string of the molecule is CC(C)Nc1ncc(-c2cc(N)cc(C(=O)NCCc3ccc(F)cc3)c2)n(CC(=O)NCc2ccc(C(=N)N)cc2)c1=O. The Balaban J connectivity index is 1.56. The molecule has 0 bridgehead atoms. The number of aromatic nitrogens is 2. The van der Waals surface area contributed by atoms with Crippen molar-refractivity contribution in [1.29, 1.82) is 5.41 Å². The van der Waals surface area contributed by atoms with Crippen LogP contribution in [0.2, 0.25) is 0 Å². The molecule has 8 N–H and O–H groups in total. The first-order valence-electron chi connectivity index (χ1n) is 14.0. The van der Waals surface area contributed by atoms with Crippen molar-refractivity contribution in [3.05, 3.63) is 111 Å². The molecule has 0 aliphatic rings. The van der Waals surface area contributed by atoms with Crippen LogP contribution in [0.4, 0.5) is 15.9 Å². The van der Waals surface area contributed by atoms with Gasteiger partial charge in [-0.25, -0.2) is 9.37 Å². The summed E-state index contributed by atoms with van der Waals surface area (Å²) in [5.41, 5.74) is 14.7. The van der Waals surface area contributed by atoms with E-state index in [1.165, 1.54) is 29.0 Å². The molecule has 0 aliphatic heterocycles. The lowest BCUT2D eigenvalue weighted by molar-refractivity contribution is -0.121. The lowest BCUT2D eigenvalue weighted by Crippen LogP contribution is -2.35. The Bertz CT molecular complexity index is 1720. The second-order valence-corrected chi connectivity index (χ2v) is 10.5. The van der Waals surface area contributed by atoms with Gasteiger partial charge >= 0.3 is 0 Å². The van der Waals surface area contributed by atoms with Gasteiger partial charge in [0.05, 0.1) is 11.9 Å². The quantitative estimate of drug-likeness (QED) is 0.0823. The highest BCUT2D eigenvalue weighted by atomic mass is 19.1. The monoisotopic (exact) mass is 598 g/mol. The smallest absolute Gasteiger partial charge is 0.294 e. The zero-order valence-electron chi connectivity index (χ0n) is 24.5. The van der Waals surface area contributed by atoms with E-state index in [0.29, 0.717) is 29.8 Å². The molecule has 0 fully saturated rings. The maximum absolute atomic E-state index is 13.5.